The van der Waals surface area contributed by atoms with Crippen LogP contribution in [-0.4, -0.2) is 43.2 Å². The number of aliphatic carboxylic acids is 1. The summed E-state index contributed by atoms with van der Waals surface area (Å²) in [6, 6.07) is 3.10. The lowest BCUT2D eigenvalue weighted by atomic mass is 10.2. The topological polar surface area (TPSA) is 108 Å². The number of nitrogens with one attached hydrogen (secondary N) is 3. The van der Waals surface area contributed by atoms with Crippen LogP contribution in [0.15, 0.2) is 12.1 Å². The molecule has 4 N–H and O–H groups in total. The van der Waals surface area contributed by atoms with Crippen LogP contribution >= 0.6 is 11.3 Å². The number of carboxylic acid groups (broad SMARTS) is 1. The molecule has 0 aromatic carbocycles. The standard InChI is InChI=1S/C12H17N3O4S/c1-7(12(18)19)5-14-10(16)8-3-4-9(20-8)11(17)15-6-13-2/h3-4,7,13H,5-6H2,1-2H3,(H,14,16)(H,15,17)(H,18,19). The van der Waals surface area contributed by atoms with E-state index < -0.39 is 11.9 Å². The van der Waals surface area contributed by atoms with E-state index in [-0.39, 0.29) is 18.4 Å². The van der Waals surface area contributed by atoms with Gasteiger partial charge in [-0.05, 0) is 19.2 Å². The van der Waals surface area contributed by atoms with E-state index in [9.17, 15) is 14.4 Å². The molecule has 0 saturated carbocycles. The van der Waals surface area contributed by atoms with E-state index >= 15 is 0 Å². The van der Waals surface area contributed by atoms with Gasteiger partial charge in [-0.1, -0.05) is 6.92 Å². The number of hydrogen-bond donors (Lipinski definition) is 4. The number of thiophene rings is 1. The van der Waals surface area contributed by atoms with Gasteiger partial charge in [0, 0.05) is 6.54 Å². The van der Waals surface area contributed by atoms with Gasteiger partial charge in [-0.3, -0.25) is 14.4 Å². The van der Waals surface area contributed by atoms with E-state index in [1.54, 1.807) is 19.2 Å². The van der Waals surface area contributed by atoms with Gasteiger partial charge in [0.15, 0.2) is 0 Å². The average molecular weight is 299 g/mol. The third-order valence-electron chi connectivity index (χ3n) is 2.47. The van der Waals surface area contributed by atoms with Crippen LogP contribution in [0.4, 0.5) is 0 Å². The van der Waals surface area contributed by atoms with E-state index in [0.29, 0.717) is 16.4 Å². The third-order valence-corrected chi connectivity index (χ3v) is 3.55. The van der Waals surface area contributed by atoms with Crippen LogP contribution in [0, 0.1) is 5.92 Å². The molecule has 20 heavy (non-hydrogen) atoms. The molecule has 1 rings (SSSR count). The Bertz CT molecular complexity index is 501. The van der Waals surface area contributed by atoms with Crippen molar-refractivity contribution in [2.75, 3.05) is 20.3 Å². The molecule has 1 atom stereocenters. The number of amides is 2. The van der Waals surface area contributed by atoms with E-state index in [2.05, 4.69) is 16.0 Å². The zero-order valence-electron chi connectivity index (χ0n) is 11.2. The van der Waals surface area contributed by atoms with E-state index in [1.807, 2.05) is 0 Å². The summed E-state index contributed by atoms with van der Waals surface area (Å²) < 4.78 is 0. The van der Waals surface area contributed by atoms with Gasteiger partial charge < -0.3 is 21.1 Å². The van der Waals surface area contributed by atoms with Crippen molar-refractivity contribution in [1.82, 2.24) is 16.0 Å². The minimum absolute atomic E-state index is 0.0490. The highest BCUT2D eigenvalue weighted by Crippen LogP contribution is 2.16. The number of hydrogen-bond acceptors (Lipinski definition) is 5. The smallest absolute Gasteiger partial charge is 0.308 e. The molecule has 1 aromatic heterocycles. The Hall–Kier alpha value is -1.93. The van der Waals surface area contributed by atoms with Crippen LogP contribution in [0.5, 0.6) is 0 Å². The molecule has 1 aromatic rings. The Morgan fingerprint density at radius 1 is 1.20 bits per heavy atom. The van der Waals surface area contributed by atoms with Crippen molar-refractivity contribution >= 4 is 29.1 Å². The molecule has 1 heterocycles. The SMILES string of the molecule is CNCNC(=O)c1ccc(C(=O)NCC(C)C(=O)O)s1. The fraction of sp³-hybridized carbons (Fsp3) is 0.417. The largest absolute Gasteiger partial charge is 0.481 e. The van der Waals surface area contributed by atoms with Crippen LogP contribution in [0.3, 0.4) is 0 Å². The Morgan fingerprint density at radius 2 is 1.75 bits per heavy atom. The van der Waals surface area contributed by atoms with E-state index in [1.165, 1.54) is 6.92 Å². The first-order valence-electron chi connectivity index (χ1n) is 5.99. The maximum absolute atomic E-state index is 11.8. The third kappa shape index (κ3) is 4.63. The highest BCUT2D eigenvalue weighted by Gasteiger charge is 2.16. The predicted octanol–water partition coefficient (Wildman–Crippen LogP) is 0.105. The molecular formula is C12H17N3O4S. The Balaban J connectivity index is 2.56. The molecule has 7 nitrogen and oxygen atoms in total. The van der Waals surface area contributed by atoms with Gasteiger partial charge in [-0.2, -0.15) is 0 Å². The Kier molecular flexibility index (Phi) is 6.13. The molecule has 0 aliphatic rings. The second kappa shape index (κ2) is 7.61. The van der Waals surface area contributed by atoms with Gasteiger partial charge in [-0.15, -0.1) is 11.3 Å². The lowest BCUT2D eigenvalue weighted by molar-refractivity contribution is -0.140. The van der Waals surface area contributed by atoms with Gasteiger partial charge in [0.1, 0.15) is 0 Å². The van der Waals surface area contributed by atoms with Crippen LogP contribution in [0.25, 0.3) is 0 Å². The number of rotatable bonds is 7. The molecule has 110 valence electrons. The monoisotopic (exact) mass is 299 g/mol. The maximum Gasteiger partial charge on any atom is 0.308 e. The number of carbonyl (C=O) groups excluding carboxylic acids is 2. The first-order valence-corrected chi connectivity index (χ1v) is 6.81. The zero-order chi connectivity index (χ0) is 15.1. The molecule has 0 saturated heterocycles. The van der Waals surface area contributed by atoms with Crippen molar-refractivity contribution < 1.29 is 19.5 Å². The summed E-state index contributed by atoms with van der Waals surface area (Å²) in [5.74, 6) is -2.26. The Labute approximate surface area is 120 Å². The van der Waals surface area contributed by atoms with Crippen molar-refractivity contribution in [1.29, 1.82) is 0 Å². The highest BCUT2D eigenvalue weighted by atomic mass is 32.1. The maximum atomic E-state index is 11.8. The van der Waals surface area contributed by atoms with Crippen LogP contribution < -0.4 is 16.0 Å². The first kappa shape index (κ1) is 16.1. The highest BCUT2D eigenvalue weighted by molar-refractivity contribution is 7.15. The fourth-order valence-corrected chi connectivity index (χ4v) is 2.10. The normalized spacial score (nSPS) is 11.7. The van der Waals surface area contributed by atoms with E-state index in [4.69, 9.17) is 5.11 Å². The molecule has 8 heteroatoms. The lowest BCUT2D eigenvalue weighted by Crippen LogP contribution is -2.31. The summed E-state index contributed by atoms with van der Waals surface area (Å²) in [5, 5.41) is 16.6. The molecule has 0 bridgehead atoms. The second-order valence-electron chi connectivity index (χ2n) is 4.15. The molecule has 0 aliphatic heterocycles. The van der Waals surface area contributed by atoms with Crippen molar-refractivity contribution in [3.05, 3.63) is 21.9 Å². The van der Waals surface area contributed by atoms with Crippen LogP contribution in [0.2, 0.25) is 0 Å². The minimum atomic E-state index is -0.969. The van der Waals surface area contributed by atoms with Gasteiger partial charge in [0.25, 0.3) is 11.8 Å². The van der Waals surface area contributed by atoms with Crippen molar-refractivity contribution in [2.24, 2.45) is 5.92 Å². The van der Waals surface area contributed by atoms with Gasteiger partial charge in [-0.25, -0.2) is 0 Å². The van der Waals surface area contributed by atoms with Gasteiger partial charge in [0.2, 0.25) is 0 Å². The van der Waals surface area contributed by atoms with Crippen LogP contribution in [-0.2, 0) is 4.79 Å². The van der Waals surface area contributed by atoms with Gasteiger partial charge >= 0.3 is 5.97 Å². The minimum Gasteiger partial charge on any atom is -0.481 e. The van der Waals surface area contributed by atoms with E-state index in [0.717, 1.165) is 11.3 Å². The summed E-state index contributed by atoms with van der Waals surface area (Å²) >= 11 is 1.06. The van der Waals surface area contributed by atoms with Gasteiger partial charge in [0.05, 0.1) is 22.3 Å². The fourth-order valence-electron chi connectivity index (χ4n) is 1.26. The Morgan fingerprint density at radius 3 is 2.25 bits per heavy atom. The zero-order valence-corrected chi connectivity index (χ0v) is 12.0. The van der Waals surface area contributed by atoms with Crippen LogP contribution in [0.1, 0.15) is 26.3 Å². The molecular weight excluding hydrogens is 282 g/mol. The number of carbonyl (C=O) groups is 3. The molecule has 2 amide bonds. The molecule has 0 spiro atoms. The summed E-state index contributed by atoms with van der Waals surface area (Å²) in [6.45, 7) is 1.90. The molecule has 1 unspecified atom stereocenters. The summed E-state index contributed by atoms with van der Waals surface area (Å²) in [5.41, 5.74) is 0. The van der Waals surface area contributed by atoms with Crippen molar-refractivity contribution in [2.45, 2.75) is 6.92 Å². The lowest BCUT2D eigenvalue weighted by Gasteiger charge is -2.06. The average Bonchev–Trinajstić information content (AvgIpc) is 2.91. The van der Waals surface area contributed by atoms with Crippen molar-refractivity contribution in [3.63, 3.8) is 0 Å². The second-order valence-corrected chi connectivity index (χ2v) is 5.23. The quantitative estimate of drug-likeness (QED) is 0.534. The van der Waals surface area contributed by atoms with Crippen molar-refractivity contribution in [3.8, 4) is 0 Å². The first-order chi connectivity index (χ1) is 9.45. The number of carboxylic acids is 1. The molecule has 0 aliphatic carbocycles. The summed E-state index contributed by atoms with van der Waals surface area (Å²) in [7, 11) is 1.71. The molecule has 0 fully saturated rings. The summed E-state index contributed by atoms with van der Waals surface area (Å²) in [4.78, 5) is 34.9. The molecule has 0 radical (unpaired) electrons. The summed E-state index contributed by atoms with van der Waals surface area (Å²) in [6.07, 6.45) is 0. The predicted molar refractivity (Wildman–Crippen MR) is 74.8 cm³/mol.